The smallest absolute Gasteiger partial charge is 0.119 e. The first-order valence-corrected chi connectivity index (χ1v) is 16.4. The van der Waals surface area contributed by atoms with E-state index < -0.39 is 0 Å². The molecule has 220 valence electrons. The fourth-order valence-electron chi connectivity index (χ4n) is 6.72. The standard InChI is InChI=1S/C37H54O3/c1-3-5-7-27-38-35-23-17-33(18-24-35)34-19-25-37(26-20-34)40-29-9-8-28-39-36-21-15-32(16-22-36)31-13-11-30(12-14-31)10-6-4-2/h3,17-20,23-26,30-32,36H,1,4-16,21-22,27-29H2,2H3. The fraction of sp³-hybridized carbons (Fsp3) is 0.622. The summed E-state index contributed by atoms with van der Waals surface area (Å²) in [7, 11) is 0. The van der Waals surface area contributed by atoms with Crippen LogP contribution in [-0.4, -0.2) is 25.9 Å². The van der Waals surface area contributed by atoms with Gasteiger partial charge in [0, 0.05) is 6.61 Å². The molecular formula is C37H54O3. The van der Waals surface area contributed by atoms with Crippen LogP contribution in [0.4, 0.5) is 0 Å². The van der Waals surface area contributed by atoms with Gasteiger partial charge in [0.25, 0.3) is 0 Å². The molecule has 0 N–H and O–H groups in total. The number of hydrogen-bond donors (Lipinski definition) is 0. The van der Waals surface area contributed by atoms with Gasteiger partial charge in [-0.15, -0.1) is 6.58 Å². The summed E-state index contributed by atoms with van der Waals surface area (Å²) in [6.45, 7) is 8.42. The second kappa shape index (κ2) is 17.5. The van der Waals surface area contributed by atoms with E-state index in [0.717, 1.165) is 74.8 Å². The minimum absolute atomic E-state index is 0.489. The molecule has 0 aromatic heterocycles. The Hall–Kier alpha value is -2.26. The van der Waals surface area contributed by atoms with Crippen molar-refractivity contribution in [1.29, 1.82) is 0 Å². The van der Waals surface area contributed by atoms with Crippen LogP contribution in [0.25, 0.3) is 11.1 Å². The van der Waals surface area contributed by atoms with E-state index in [1.165, 1.54) is 81.8 Å². The van der Waals surface area contributed by atoms with E-state index in [9.17, 15) is 0 Å². The number of hydrogen-bond acceptors (Lipinski definition) is 3. The van der Waals surface area contributed by atoms with E-state index in [-0.39, 0.29) is 0 Å². The minimum atomic E-state index is 0.489. The molecule has 3 nitrogen and oxygen atoms in total. The van der Waals surface area contributed by atoms with Crippen LogP contribution in [0, 0.1) is 17.8 Å². The highest BCUT2D eigenvalue weighted by atomic mass is 16.5. The summed E-state index contributed by atoms with van der Waals surface area (Å²) in [6.07, 6.45) is 22.1. The average molecular weight is 547 g/mol. The third-order valence-electron chi connectivity index (χ3n) is 9.27. The van der Waals surface area contributed by atoms with Crippen LogP contribution in [0.1, 0.15) is 103 Å². The Kier molecular flexibility index (Phi) is 13.5. The number of allylic oxidation sites excluding steroid dienone is 1. The maximum atomic E-state index is 6.27. The van der Waals surface area contributed by atoms with E-state index in [1.807, 2.05) is 18.2 Å². The molecule has 4 rings (SSSR count). The van der Waals surface area contributed by atoms with Gasteiger partial charge in [-0.3, -0.25) is 0 Å². The molecule has 0 radical (unpaired) electrons. The van der Waals surface area contributed by atoms with Gasteiger partial charge in [-0.2, -0.15) is 0 Å². The van der Waals surface area contributed by atoms with Crippen molar-refractivity contribution in [1.82, 2.24) is 0 Å². The Labute approximate surface area is 244 Å². The van der Waals surface area contributed by atoms with Crippen LogP contribution < -0.4 is 9.47 Å². The molecule has 2 aliphatic rings. The van der Waals surface area contributed by atoms with Crippen LogP contribution in [0.3, 0.4) is 0 Å². The molecule has 0 amide bonds. The Bertz CT molecular complexity index is 934. The molecule has 2 aliphatic carbocycles. The van der Waals surface area contributed by atoms with Crippen molar-refractivity contribution >= 4 is 0 Å². The highest BCUT2D eigenvalue weighted by Crippen LogP contribution is 2.41. The van der Waals surface area contributed by atoms with Gasteiger partial charge in [0.15, 0.2) is 0 Å². The summed E-state index contributed by atoms with van der Waals surface area (Å²) >= 11 is 0. The first-order chi connectivity index (χ1) is 19.7. The summed E-state index contributed by atoms with van der Waals surface area (Å²) < 4.78 is 18.1. The second-order valence-corrected chi connectivity index (χ2v) is 12.2. The fourth-order valence-corrected chi connectivity index (χ4v) is 6.72. The lowest BCUT2D eigenvalue weighted by molar-refractivity contribution is 0.00458. The molecule has 0 unspecified atom stereocenters. The minimum Gasteiger partial charge on any atom is -0.494 e. The van der Waals surface area contributed by atoms with Gasteiger partial charge in [0.2, 0.25) is 0 Å². The summed E-state index contributed by atoms with van der Waals surface area (Å²) in [4.78, 5) is 0. The molecule has 0 saturated heterocycles. The van der Waals surface area contributed by atoms with Crippen LogP contribution >= 0.6 is 0 Å². The zero-order valence-corrected chi connectivity index (χ0v) is 25.2. The van der Waals surface area contributed by atoms with Gasteiger partial charge in [0.1, 0.15) is 11.5 Å². The van der Waals surface area contributed by atoms with E-state index in [0.29, 0.717) is 6.10 Å². The quantitative estimate of drug-likeness (QED) is 0.146. The van der Waals surface area contributed by atoms with Crippen molar-refractivity contribution in [2.75, 3.05) is 19.8 Å². The third-order valence-corrected chi connectivity index (χ3v) is 9.27. The molecule has 0 bridgehead atoms. The molecule has 0 aliphatic heterocycles. The van der Waals surface area contributed by atoms with Crippen LogP contribution in [0.2, 0.25) is 0 Å². The van der Waals surface area contributed by atoms with Crippen molar-refractivity contribution in [2.45, 2.75) is 109 Å². The highest BCUT2D eigenvalue weighted by Gasteiger charge is 2.30. The van der Waals surface area contributed by atoms with Crippen molar-refractivity contribution in [3.8, 4) is 22.6 Å². The number of ether oxygens (including phenoxy) is 3. The summed E-state index contributed by atoms with van der Waals surface area (Å²) in [5.41, 5.74) is 2.37. The Balaban J connectivity index is 1.04. The first kappa shape index (κ1) is 30.7. The molecule has 40 heavy (non-hydrogen) atoms. The van der Waals surface area contributed by atoms with Gasteiger partial charge in [-0.25, -0.2) is 0 Å². The lowest BCUT2D eigenvalue weighted by atomic mass is 9.70. The second-order valence-electron chi connectivity index (χ2n) is 12.2. The maximum absolute atomic E-state index is 6.27. The van der Waals surface area contributed by atoms with Crippen molar-refractivity contribution in [3.63, 3.8) is 0 Å². The molecule has 0 spiro atoms. The summed E-state index contributed by atoms with van der Waals surface area (Å²) in [5, 5.41) is 0. The first-order valence-electron chi connectivity index (χ1n) is 16.4. The number of unbranched alkanes of at least 4 members (excludes halogenated alkanes) is 3. The highest BCUT2D eigenvalue weighted by molar-refractivity contribution is 5.64. The zero-order chi connectivity index (χ0) is 27.8. The molecule has 0 atom stereocenters. The molecule has 2 fully saturated rings. The topological polar surface area (TPSA) is 27.7 Å². The van der Waals surface area contributed by atoms with Crippen LogP contribution in [0.15, 0.2) is 61.2 Å². The number of benzene rings is 2. The lowest BCUT2D eigenvalue weighted by Crippen LogP contribution is -2.28. The average Bonchev–Trinajstić information content (AvgIpc) is 3.01. The van der Waals surface area contributed by atoms with Crippen molar-refractivity contribution in [3.05, 3.63) is 61.2 Å². The zero-order valence-electron chi connectivity index (χ0n) is 25.2. The molecule has 2 saturated carbocycles. The van der Waals surface area contributed by atoms with Crippen LogP contribution in [0.5, 0.6) is 11.5 Å². The predicted molar refractivity (Wildman–Crippen MR) is 168 cm³/mol. The van der Waals surface area contributed by atoms with Gasteiger partial charge >= 0.3 is 0 Å². The van der Waals surface area contributed by atoms with E-state index in [2.05, 4.69) is 49.9 Å². The summed E-state index contributed by atoms with van der Waals surface area (Å²) in [6, 6.07) is 16.7. The van der Waals surface area contributed by atoms with E-state index in [1.54, 1.807) is 0 Å². The van der Waals surface area contributed by atoms with Crippen molar-refractivity contribution < 1.29 is 14.2 Å². The van der Waals surface area contributed by atoms with Gasteiger partial charge in [0.05, 0.1) is 19.3 Å². The van der Waals surface area contributed by atoms with Gasteiger partial charge in [-0.1, -0.05) is 69.4 Å². The molecule has 0 heterocycles. The molecule has 3 heteroatoms. The molecular weight excluding hydrogens is 492 g/mol. The summed E-state index contributed by atoms with van der Waals surface area (Å²) in [5.74, 6) is 4.85. The SMILES string of the molecule is C=CCCCOc1ccc(-c2ccc(OCCCCOC3CCC(C4CCC(CCCC)CC4)CC3)cc2)cc1. The number of rotatable bonds is 17. The van der Waals surface area contributed by atoms with E-state index >= 15 is 0 Å². The Morgan fingerprint density at radius 1 is 0.650 bits per heavy atom. The normalized spacial score (nSPS) is 23.0. The Morgan fingerprint density at radius 3 is 1.73 bits per heavy atom. The van der Waals surface area contributed by atoms with Gasteiger partial charge in [-0.05, 0) is 117 Å². The predicted octanol–water partition coefficient (Wildman–Crippen LogP) is 10.4. The molecule has 2 aromatic carbocycles. The van der Waals surface area contributed by atoms with Crippen LogP contribution in [-0.2, 0) is 4.74 Å². The monoisotopic (exact) mass is 546 g/mol. The largest absolute Gasteiger partial charge is 0.494 e. The van der Waals surface area contributed by atoms with E-state index in [4.69, 9.17) is 14.2 Å². The lowest BCUT2D eigenvalue weighted by Gasteiger charge is -2.37. The van der Waals surface area contributed by atoms with Crippen molar-refractivity contribution in [2.24, 2.45) is 17.8 Å². The molecule has 2 aromatic rings. The van der Waals surface area contributed by atoms with Gasteiger partial charge < -0.3 is 14.2 Å². The Morgan fingerprint density at radius 2 is 1.18 bits per heavy atom. The maximum Gasteiger partial charge on any atom is 0.119 e. The third kappa shape index (κ3) is 10.3.